The Bertz CT molecular complexity index is 769. The summed E-state index contributed by atoms with van der Waals surface area (Å²) >= 11 is 0. The predicted molar refractivity (Wildman–Crippen MR) is 99.6 cm³/mol. The van der Waals surface area contributed by atoms with Crippen molar-refractivity contribution in [2.45, 2.75) is 65.3 Å². The minimum absolute atomic E-state index is 0.245. The molecule has 0 bridgehead atoms. The highest BCUT2D eigenvalue weighted by Crippen LogP contribution is 2.24. The number of carbonyl (C=O) groups excluding carboxylic acids is 1. The van der Waals surface area contributed by atoms with Gasteiger partial charge in [0.1, 0.15) is 5.60 Å². The Morgan fingerprint density at radius 3 is 2.40 bits per heavy atom. The van der Waals surface area contributed by atoms with Crippen LogP contribution >= 0.6 is 0 Å². The molecule has 0 spiro atoms. The number of rotatable bonds is 4. The molecule has 2 aromatic heterocycles. The van der Waals surface area contributed by atoms with Gasteiger partial charge >= 0.3 is 13.6 Å². The Labute approximate surface area is 149 Å². The first-order valence-corrected chi connectivity index (χ1v) is 8.35. The number of carbonyl (C=O) groups is 1. The number of hydrogen-bond donors (Lipinski definition) is 1. The van der Waals surface area contributed by atoms with E-state index in [2.05, 4.69) is 4.98 Å². The van der Waals surface area contributed by atoms with Gasteiger partial charge in [-0.1, -0.05) is 0 Å². The molecule has 0 aliphatic carbocycles. The van der Waals surface area contributed by atoms with Crippen LogP contribution in [0, 0.1) is 0 Å². The third-order valence-electron chi connectivity index (χ3n) is 4.34. The summed E-state index contributed by atoms with van der Waals surface area (Å²) in [5, 5.41) is 11.1. The topological polar surface area (TPSA) is 73.6 Å². The third kappa shape index (κ3) is 4.41. The van der Waals surface area contributed by atoms with E-state index < -0.39 is 22.9 Å². The SMILES string of the molecule is CC(C)(C)OC(=O)n1cc(BOC(C)(C)C(C)(C)O)c2cnccc21. The van der Waals surface area contributed by atoms with Gasteiger partial charge in [0.15, 0.2) is 0 Å². The molecule has 0 saturated carbocycles. The van der Waals surface area contributed by atoms with Crippen LogP contribution in [0.25, 0.3) is 10.9 Å². The van der Waals surface area contributed by atoms with E-state index in [4.69, 9.17) is 9.39 Å². The van der Waals surface area contributed by atoms with Gasteiger partial charge in [0.25, 0.3) is 0 Å². The van der Waals surface area contributed by atoms with Crippen LogP contribution in [0.1, 0.15) is 48.5 Å². The van der Waals surface area contributed by atoms with E-state index in [9.17, 15) is 9.90 Å². The summed E-state index contributed by atoms with van der Waals surface area (Å²) < 4.78 is 12.9. The molecule has 0 unspecified atom stereocenters. The molecule has 2 heterocycles. The van der Waals surface area contributed by atoms with Gasteiger partial charge in [-0.05, 0) is 60.0 Å². The largest absolute Gasteiger partial charge is 0.443 e. The minimum atomic E-state index is -1.01. The van der Waals surface area contributed by atoms with Gasteiger partial charge in [-0.15, -0.1) is 0 Å². The first-order valence-electron chi connectivity index (χ1n) is 8.35. The molecule has 2 aromatic rings. The molecule has 2 rings (SSSR count). The zero-order valence-electron chi connectivity index (χ0n) is 16.1. The third-order valence-corrected chi connectivity index (χ3v) is 4.34. The molecule has 0 radical (unpaired) electrons. The van der Waals surface area contributed by atoms with Crippen molar-refractivity contribution in [2.75, 3.05) is 0 Å². The molecule has 7 heteroatoms. The van der Waals surface area contributed by atoms with Crippen LogP contribution in [0.3, 0.4) is 0 Å². The predicted octanol–water partition coefficient (Wildman–Crippen LogP) is 2.36. The Hall–Kier alpha value is -1.86. The van der Waals surface area contributed by atoms with E-state index in [1.165, 1.54) is 4.57 Å². The molecule has 25 heavy (non-hydrogen) atoms. The monoisotopic (exact) mass is 346 g/mol. The average Bonchev–Trinajstić information content (AvgIpc) is 2.81. The summed E-state index contributed by atoms with van der Waals surface area (Å²) in [5.41, 5.74) is -0.819. The molecule has 0 fully saturated rings. The highest BCUT2D eigenvalue weighted by Gasteiger charge is 2.36. The second-order valence-corrected chi connectivity index (χ2v) is 8.26. The smallest absolute Gasteiger partial charge is 0.418 e. The van der Waals surface area contributed by atoms with Crippen molar-refractivity contribution < 1.29 is 19.3 Å². The van der Waals surface area contributed by atoms with Crippen molar-refractivity contribution in [2.24, 2.45) is 0 Å². The van der Waals surface area contributed by atoms with E-state index in [-0.39, 0.29) is 7.48 Å². The van der Waals surface area contributed by atoms with Gasteiger partial charge in [-0.25, -0.2) is 4.79 Å². The van der Waals surface area contributed by atoms with Crippen LogP contribution in [0.5, 0.6) is 0 Å². The first kappa shape index (κ1) is 19.5. The number of nitrogens with zero attached hydrogens (tertiary/aromatic N) is 2. The lowest BCUT2D eigenvalue weighted by molar-refractivity contribution is -0.0893. The molecular formula is C18H27BN2O4. The summed E-state index contributed by atoms with van der Waals surface area (Å²) in [6.45, 7) is 12.6. The van der Waals surface area contributed by atoms with E-state index >= 15 is 0 Å². The number of aromatic nitrogens is 2. The van der Waals surface area contributed by atoms with Crippen LogP contribution in [0.4, 0.5) is 4.79 Å². The summed E-state index contributed by atoms with van der Waals surface area (Å²) in [6, 6.07) is 1.77. The van der Waals surface area contributed by atoms with Crippen molar-refractivity contribution in [3.05, 3.63) is 24.7 Å². The quantitative estimate of drug-likeness (QED) is 0.861. The lowest BCUT2D eigenvalue weighted by atomic mass is 9.83. The molecule has 0 atom stereocenters. The second-order valence-electron chi connectivity index (χ2n) is 8.26. The molecule has 0 amide bonds. The van der Waals surface area contributed by atoms with E-state index in [1.54, 1.807) is 38.5 Å². The fourth-order valence-corrected chi connectivity index (χ4v) is 2.15. The van der Waals surface area contributed by atoms with Gasteiger partial charge in [0.05, 0.1) is 16.7 Å². The van der Waals surface area contributed by atoms with E-state index in [1.807, 2.05) is 34.6 Å². The standard InChI is InChI=1S/C18H27BN2O4/c1-16(2,3)24-15(22)21-11-13(12-10-20-9-8-14(12)21)19-25-18(6,7)17(4,5)23/h8-11,19,23H,1-7H3. The van der Waals surface area contributed by atoms with Crippen molar-refractivity contribution >= 4 is 29.9 Å². The Kier molecular flexibility index (Phi) is 5.03. The summed E-state index contributed by atoms with van der Waals surface area (Å²) in [7, 11) is 0.245. The van der Waals surface area contributed by atoms with Crippen LogP contribution in [-0.2, 0) is 9.39 Å². The Morgan fingerprint density at radius 2 is 1.84 bits per heavy atom. The van der Waals surface area contributed by atoms with Crippen LogP contribution in [-0.4, -0.2) is 45.0 Å². The second kappa shape index (κ2) is 6.46. The zero-order chi connectivity index (χ0) is 19.0. The normalized spacial score (nSPS) is 13.1. The lowest BCUT2D eigenvalue weighted by Crippen LogP contribution is -2.49. The van der Waals surface area contributed by atoms with Gasteiger partial charge in [0, 0.05) is 24.0 Å². The Balaban J connectivity index is 2.35. The van der Waals surface area contributed by atoms with Crippen molar-refractivity contribution in [3.63, 3.8) is 0 Å². The summed E-state index contributed by atoms with van der Waals surface area (Å²) in [4.78, 5) is 16.6. The number of hydrogen-bond acceptors (Lipinski definition) is 5. The molecule has 136 valence electrons. The fourth-order valence-electron chi connectivity index (χ4n) is 2.15. The molecule has 0 aliphatic heterocycles. The van der Waals surface area contributed by atoms with Gasteiger partial charge < -0.3 is 14.5 Å². The Morgan fingerprint density at radius 1 is 1.20 bits per heavy atom. The van der Waals surface area contributed by atoms with Crippen molar-refractivity contribution in [3.8, 4) is 0 Å². The number of pyridine rings is 1. The molecule has 6 nitrogen and oxygen atoms in total. The van der Waals surface area contributed by atoms with E-state index in [0.717, 1.165) is 10.8 Å². The molecule has 0 aliphatic rings. The van der Waals surface area contributed by atoms with Crippen LogP contribution in [0.2, 0.25) is 0 Å². The van der Waals surface area contributed by atoms with Gasteiger partial charge in [-0.2, -0.15) is 0 Å². The van der Waals surface area contributed by atoms with E-state index in [0.29, 0.717) is 5.52 Å². The van der Waals surface area contributed by atoms with Crippen molar-refractivity contribution in [1.29, 1.82) is 0 Å². The highest BCUT2D eigenvalue weighted by molar-refractivity contribution is 6.51. The first-order chi connectivity index (χ1) is 11.3. The van der Waals surface area contributed by atoms with Crippen molar-refractivity contribution in [1.82, 2.24) is 9.55 Å². The highest BCUT2D eigenvalue weighted by atomic mass is 16.6. The summed E-state index contributed by atoms with van der Waals surface area (Å²) in [5.74, 6) is 0. The lowest BCUT2D eigenvalue weighted by Gasteiger charge is -2.37. The molecule has 0 aromatic carbocycles. The maximum atomic E-state index is 12.5. The zero-order valence-corrected chi connectivity index (χ0v) is 16.1. The minimum Gasteiger partial charge on any atom is -0.443 e. The van der Waals surface area contributed by atoms with Crippen LogP contribution in [0.15, 0.2) is 24.7 Å². The summed E-state index contributed by atoms with van der Waals surface area (Å²) in [6.07, 6.45) is 4.60. The van der Waals surface area contributed by atoms with Gasteiger partial charge in [0.2, 0.25) is 0 Å². The molecule has 0 saturated heterocycles. The number of fused-ring (bicyclic) bond motifs is 1. The number of aliphatic hydroxyl groups is 1. The molecular weight excluding hydrogens is 319 g/mol. The van der Waals surface area contributed by atoms with Crippen LogP contribution < -0.4 is 5.46 Å². The maximum absolute atomic E-state index is 12.5. The van der Waals surface area contributed by atoms with Gasteiger partial charge in [-0.3, -0.25) is 9.55 Å². The number of ether oxygens (including phenoxy) is 1. The average molecular weight is 346 g/mol. The molecule has 1 N–H and O–H groups in total. The fraction of sp³-hybridized carbons (Fsp3) is 0.556. The maximum Gasteiger partial charge on any atom is 0.418 e.